The van der Waals surface area contributed by atoms with Gasteiger partial charge in [-0.3, -0.25) is 4.99 Å². The Kier molecular flexibility index (Phi) is 3.85. The Morgan fingerprint density at radius 1 is 1.00 bits per heavy atom. The summed E-state index contributed by atoms with van der Waals surface area (Å²) in [5.41, 5.74) is 0. The molecule has 4 aliphatic rings. The van der Waals surface area contributed by atoms with Crippen molar-refractivity contribution in [2.45, 2.75) is 51.4 Å². The number of rotatable bonds is 4. The Hall–Kier alpha value is -0.730. The van der Waals surface area contributed by atoms with Gasteiger partial charge in [0.05, 0.1) is 0 Å². The summed E-state index contributed by atoms with van der Waals surface area (Å²) in [6.45, 7) is 3.68. The molecule has 0 spiro atoms. The number of guanidine groups is 1. The molecule has 3 heteroatoms. The maximum absolute atomic E-state index is 4.59. The predicted octanol–water partition coefficient (Wildman–Crippen LogP) is 3.12. The number of hydrogen-bond donors (Lipinski definition) is 1. The minimum absolute atomic E-state index is 0.937. The highest BCUT2D eigenvalue weighted by atomic mass is 15.3. The van der Waals surface area contributed by atoms with E-state index in [4.69, 9.17) is 0 Å². The van der Waals surface area contributed by atoms with Crippen LogP contribution in [0.3, 0.4) is 0 Å². The van der Waals surface area contributed by atoms with Gasteiger partial charge in [-0.05, 0) is 68.1 Å². The third kappa shape index (κ3) is 3.07. The van der Waals surface area contributed by atoms with Crippen molar-refractivity contribution in [1.29, 1.82) is 0 Å². The molecule has 118 valence electrons. The summed E-state index contributed by atoms with van der Waals surface area (Å²) in [4.78, 5) is 7.14. The maximum atomic E-state index is 4.59. The molecule has 1 N–H and O–H groups in total. The highest BCUT2D eigenvalue weighted by molar-refractivity contribution is 5.80. The Bertz CT molecular complexity index is 371. The van der Waals surface area contributed by atoms with Gasteiger partial charge >= 0.3 is 0 Å². The van der Waals surface area contributed by atoms with E-state index in [-0.39, 0.29) is 0 Å². The fourth-order valence-corrected chi connectivity index (χ4v) is 4.89. The number of nitrogens with zero attached hydrogens (tertiary/aromatic N) is 2. The lowest BCUT2D eigenvalue weighted by atomic mass is 9.82. The van der Waals surface area contributed by atoms with E-state index in [2.05, 4.69) is 15.2 Å². The molecular weight excluding hydrogens is 258 g/mol. The van der Waals surface area contributed by atoms with Gasteiger partial charge in [-0.25, -0.2) is 0 Å². The topological polar surface area (TPSA) is 27.6 Å². The quantitative estimate of drug-likeness (QED) is 0.636. The molecule has 1 aliphatic heterocycles. The van der Waals surface area contributed by atoms with E-state index in [1.807, 2.05) is 7.05 Å². The predicted molar refractivity (Wildman–Crippen MR) is 87.3 cm³/mol. The minimum atomic E-state index is 0.937. The van der Waals surface area contributed by atoms with Crippen LogP contribution >= 0.6 is 0 Å². The summed E-state index contributed by atoms with van der Waals surface area (Å²) in [6.07, 6.45) is 11.7. The molecule has 3 aliphatic carbocycles. The molecule has 0 radical (unpaired) electrons. The average molecular weight is 289 g/mol. The first-order valence-corrected chi connectivity index (χ1v) is 9.30. The van der Waals surface area contributed by atoms with Gasteiger partial charge in [0.15, 0.2) is 5.96 Å². The van der Waals surface area contributed by atoms with Crippen LogP contribution in [0.4, 0.5) is 0 Å². The molecule has 0 aromatic heterocycles. The van der Waals surface area contributed by atoms with Gasteiger partial charge in [0, 0.05) is 26.7 Å². The van der Waals surface area contributed by atoms with Crippen molar-refractivity contribution < 1.29 is 0 Å². The number of aliphatic imine (C=N–C) groups is 1. The number of nitrogens with one attached hydrogen (secondary N) is 1. The molecule has 0 aromatic carbocycles. The lowest BCUT2D eigenvalue weighted by molar-refractivity contribution is 0.299. The van der Waals surface area contributed by atoms with Gasteiger partial charge in [0.2, 0.25) is 0 Å². The number of likely N-dealkylation sites (tertiary alicyclic amines) is 1. The van der Waals surface area contributed by atoms with E-state index in [9.17, 15) is 0 Å². The first-order valence-electron chi connectivity index (χ1n) is 9.30. The fraction of sp³-hybridized carbons (Fsp3) is 0.944. The normalized spacial score (nSPS) is 33.4. The molecule has 3 nitrogen and oxygen atoms in total. The van der Waals surface area contributed by atoms with Crippen molar-refractivity contribution in [3.8, 4) is 0 Å². The van der Waals surface area contributed by atoms with Crippen molar-refractivity contribution in [2.75, 3.05) is 26.7 Å². The second-order valence-electron chi connectivity index (χ2n) is 7.98. The van der Waals surface area contributed by atoms with Gasteiger partial charge in [0.25, 0.3) is 0 Å². The fourth-order valence-electron chi connectivity index (χ4n) is 4.89. The van der Waals surface area contributed by atoms with E-state index in [1.165, 1.54) is 77.0 Å². The third-order valence-electron chi connectivity index (χ3n) is 6.44. The summed E-state index contributed by atoms with van der Waals surface area (Å²) in [6, 6.07) is 0. The summed E-state index contributed by atoms with van der Waals surface area (Å²) in [5.74, 6) is 6.08. The van der Waals surface area contributed by atoms with Gasteiger partial charge in [-0.2, -0.15) is 0 Å². The van der Waals surface area contributed by atoms with Gasteiger partial charge in [0.1, 0.15) is 0 Å². The molecule has 2 unspecified atom stereocenters. The largest absolute Gasteiger partial charge is 0.356 e. The number of fused-ring (bicyclic) bond motifs is 1. The van der Waals surface area contributed by atoms with Crippen LogP contribution in [0.25, 0.3) is 0 Å². The molecule has 0 amide bonds. The third-order valence-corrected chi connectivity index (χ3v) is 6.44. The van der Waals surface area contributed by atoms with Crippen LogP contribution in [0, 0.1) is 29.6 Å². The van der Waals surface area contributed by atoms with Crippen LogP contribution in [-0.4, -0.2) is 37.5 Å². The monoisotopic (exact) mass is 289 g/mol. The maximum Gasteiger partial charge on any atom is 0.193 e. The first kappa shape index (κ1) is 13.9. The van der Waals surface area contributed by atoms with E-state index in [0.29, 0.717) is 0 Å². The average Bonchev–Trinajstić information content (AvgIpc) is 3.42. The van der Waals surface area contributed by atoms with Crippen LogP contribution < -0.4 is 5.32 Å². The lowest BCUT2D eigenvalue weighted by Crippen LogP contribution is -2.42. The molecule has 21 heavy (non-hydrogen) atoms. The van der Waals surface area contributed by atoms with Crippen molar-refractivity contribution in [3.05, 3.63) is 0 Å². The van der Waals surface area contributed by atoms with Crippen LogP contribution in [0.5, 0.6) is 0 Å². The van der Waals surface area contributed by atoms with Crippen molar-refractivity contribution >= 4 is 5.96 Å². The second kappa shape index (κ2) is 5.81. The standard InChI is InChI=1S/C18H31N3/c1-19-18(20-10-17(13-6-7-13)14-8-9-14)21-11-15-4-2-3-5-16(15)12-21/h13-17H,2-12H2,1H3,(H,19,20). The number of hydrogen-bond acceptors (Lipinski definition) is 1. The van der Waals surface area contributed by atoms with Crippen LogP contribution in [0.1, 0.15) is 51.4 Å². The Balaban J connectivity index is 1.32. The Morgan fingerprint density at radius 3 is 2.05 bits per heavy atom. The van der Waals surface area contributed by atoms with Gasteiger partial charge in [-0.15, -0.1) is 0 Å². The highest BCUT2D eigenvalue weighted by Crippen LogP contribution is 2.48. The summed E-state index contributed by atoms with van der Waals surface area (Å²) >= 11 is 0. The molecule has 0 aromatic rings. The van der Waals surface area contributed by atoms with Crippen molar-refractivity contribution in [1.82, 2.24) is 10.2 Å². The van der Waals surface area contributed by atoms with Gasteiger partial charge in [-0.1, -0.05) is 12.8 Å². The van der Waals surface area contributed by atoms with Gasteiger partial charge < -0.3 is 10.2 Å². The summed E-state index contributed by atoms with van der Waals surface area (Å²) in [7, 11) is 1.97. The molecule has 4 fully saturated rings. The minimum Gasteiger partial charge on any atom is -0.356 e. The highest BCUT2D eigenvalue weighted by Gasteiger charge is 2.41. The smallest absolute Gasteiger partial charge is 0.193 e. The lowest BCUT2D eigenvalue weighted by Gasteiger charge is -2.24. The Labute approximate surface area is 129 Å². The first-order chi connectivity index (χ1) is 10.3. The molecule has 4 rings (SSSR count). The van der Waals surface area contributed by atoms with Crippen LogP contribution in [0.2, 0.25) is 0 Å². The van der Waals surface area contributed by atoms with E-state index >= 15 is 0 Å². The molecule has 3 saturated carbocycles. The van der Waals surface area contributed by atoms with E-state index < -0.39 is 0 Å². The van der Waals surface area contributed by atoms with Crippen LogP contribution in [0.15, 0.2) is 4.99 Å². The van der Waals surface area contributed by atoms with E-state index in [1.54, 1.807) is 0 Å². The zero-order chi connectivity index (χ0) is 14.2. The molecular formula is C18H31N3. The zero-order valence-corrected chi connectivity index (χ0v) is 13.6. The van der Waals surface area contributed by atoms with Crippen molar-refractivity contribution in [2.24, 2.45) is 34.6 Å². The zero-order valence-electron chi connectivity index (χ0n) is 13.6. The van der Waals surface area contributed by atoms with E-state index in [0.717, 1.165) is 29.6 Å². The second-order valence-corrected chi connectivity index (χ2v) is 7.98. The molecule has 2 atom stereocenters. The Morgan fingerprint density at radius 2 is 1.57 bits per heavy atom. The van der Waals surface area contributed by atoms with Crippen LogP contribution in [-0.2, 0) is 0 Å². The summed E-state index contributed by atoms with van der Waals surface area (Å²) < 4.78 is 0. The molecule has 0 bridgehead atoms. The molecule has 1 heterocycles. The summed E-state index contributed by atoms with van der Waals surface area (Å²) in [5, 5.41) is 3.74. The van der Waals surface area contributed by atoms with Crippen molar-refractivity contribution in [3.63, 3.8) is 0 Å². The SMILES string of the molecule is CN=C(NCC(C1CC1)C1CC1)N1CC2CCCCC2C1. The molecule has 1 saturated heterocycles.